The smallest absolute Gasteiger partial charge is 0.127 e. The molecule has 2 fully saturated rings. The molecule has 1 N–H and O–H groups in total. The second-order valence-electron chi connectivity index (χ2n) is 7.77. The van der Waals surface area contributed by atoms with Crippen LogP contribution in [0.5, 0.6) is 5.75 Å². The molecule has 2 unspecified atom stereocenters. The number of hydrogen-bond donors (Lipinski definition) is 1. The van der Waals surface area contributed by atoms with Crippen LogP contribution in [0.3, 0.4) is 0 Å². The molecule has 126 valence electrons. The molecule has 2 aliphatic rings. The molecule has 23 heavy (non-hydrogen) atoms. The predicted octanol–water partition coefficient (Wildman–Crippen LogP) is 5.68. The van der Waals surface area contributed by atoms with E-state index in [-0.39, 0.29) is 0 Å². The van der Waals surface area contributed by atoms with Crippen molar-refractivity contribution in [3.63, 3.8) is 0 Å². The molecule has 0 aliphatic heterocycles. The van der Waals surface area contributed by atoms with Crippen LogP contribution in [0.25, 0.3) is 0 Å². The van der Waals surface area contributed by atoms with Crippen LogP contribution < -0.4 is 0 Å². The third kappa shape index (κ3) is 3.79. The second kappa shape index (κ2) is 7.51. The fourth-order valence-corrected chi connectivity index (χ4v) is 4.66. The second-order valence-corrected chi connectivity index (χ2v) is 7.77. The molecule has 2 nitrogen and oxygen atoms in total. The first-order valence-electron chi connectivity index (χ1n) is 9.52. The summed E-state index contributed by atoms with van der Waals surface area (Å²) in [4.78, 5) is 4.75. The molecular formula is C21H31NO. The van der Waals surface area contributed by atoms with E-state index in [0.717, 1.165) is 11.1 Å². The maximum absolute atomic E-state index is 10.8. The number of para-hydroxylation sites is 1. The average molecular weight is 313 g/mol. The van der Waals surface area contributed by atoms with Crippen LogP contribution in [0.4, 0.5) is 0 Å². The van der Waals surface area contributed by atoms with E-state index in [1.807, 2.05) is 12.3 Å². The Morgan fingerprint density at radius 1 is 0.957 bits per heavy atom. The van der Waals surface area contributed by atoms with E-state index in [0.29, 0.717) is 29.5 Å². The van der Waals surface area contributed by atoms with Crippen LogP contribution in [-0.2, 0) is 0 Å². The van der Waals surface area contributed by atoms with Gasteiger partial charge in [-0.15, -0.1) is 0 Å². The van der Waals surface area contributed by atoms with Crippen LogP contribution >= 0.6 is 0 Å². The van der Waals surface area contributed by atoms with Crippen molar-refractivity contribution in [2.45, 2.75) is 77.2 Å². The molecule has 1 aromatic rings. The Morgan fingerprint density at radius 2 is 1.65 bits per heavy atom. The quantitative estimate of drug-likeness (QED) is 0.715. The van der Waals surface area contributed by atoms with Gasteiger partial charge < -0.3 is 5.11 Å². The van der Waals surface area contributed by atoms with Gasteiger partial charge in [0.1, 0.15) is 5.75 Å². The van der Waals surface area contributed by atoms with Crippen molar-refractivity contribution in [3.8, 4) is 5.75 Å². The van der Waals surface area contributed by atoms with Gasteiger partial charge >= 0.3 is 0 Å². The van der Waals surface area contributed by atoms with Gasteiger partial charge in [0.2, 0.25) is 0 Å². The topological polar surface area (TPSA) is 32.6 Å². The first kappa shape index (κ1) is 16.5. The summed E-state index contributed by atoms with van der Waals surface area (Å²) in [5, 5.41) is 10.8. The standard InChI is InChI=1S/C21H31NO/c1-15-8-6-9-16(2)20(15)19-13-7-10-17(21(19)23)14-22-18-11-4-3-5-12-18/h7,10,13-16,18,20,23H,3-6,8-9,11-12H2,1-2H3. The van der Waals surface area contributed by atoms with Crippen molar-refractivity contribution < 1.29 is 5.11 Å². The van der Waals surface area contributed by atoms with Gasteiger partial charge in [-0.1, -0.05) is 64.5 Å². The Kier molecular flexibility index (Phi) is 5.40. The van der Waals surface area contributed by atoms with E-state index in [4.69, 9.17) is 4.99 Å². The van der Waals surface area contributed by atoms with E-state index in [1.165, 1.54) is 51.4 Å². The van der Waals surface area contributed by atoms with E-state index in [9.17, 15) is 5.11 Å². The summed E-state index contributed by atoms with van der Waals surface area (Å²) in [5.41, 5.74) is 2.04. The number of aromatic hydroxyl groups is 1. The normalized spacial score (nSPS) is 29.9. The molecule has 0 heterocycles. The van der Waals surface area contributed by atoms with Crippen LogP contribution in [0, 0.1) is 11.8 Å². The molecule has 0 amide bonds. The highest BCUT2D eigenvalue weighted by Crippen LogP contribution is 2.45. The summed E-state index contributed by atoms with van der Waals surface area (Å²) in [6.07, 6.45) is 12.1. The van der Waals surface area contributed by atoms with Gasteiger partial charge in [0, 0.05) is 17.8 Å². The zero-order chi connectivity index (χ0) is 16.2. The highest BCUT2D eigenvalue weighted by atomic mass is 16.3. The highest BCUT2D eigenvalue weighted by molar-refractivity contribution is 5.84. The Balaban J connectivity index is 1.81. The van der Waals surface area contributed by atoms with E-state index in [2.05, 4.69) is 26.0 Å². The number of nitrogens with zero attached hydrogens (tertiary/aromatic N) is 1. The van der Waals surface area contributed by atoms with Gasteiger partial charge in [-0.05, 0) is 42.2 Å². The van der Waals surface area contributed by atoms with Crippen LogP contribution in [0.15, 0.2) is 23.2 Å². The minimum Gasteiger partial charge on any atom is -0.507 e. The van der Waals surface area contributed by atoms with Gasteiger partial charge in [-0.25, -0.2) is 0 Å². The number of phenols is 1. The monoisotopic (exact) mass is 313 g/mol. The van der Waals surface area contributed by atoms with E-state index in [1.54, 1.807) is 0 Å². The first-order chi connectivity index (χ1) is 11.2. The number of phenolic OH excluding ortho intramolecular Hbond substituents is 1. The fourth-order valence-electron chi connectivity index (χ4n) is 4.66. The summed E-state index contributed by atoms with van der Waals surface area (Å²) in [6, 6.07) is 6.67. The van der Waals surface area contributed by atoms with E-state index < -0.39 is 0 Å². The zero-order valence-electron chi connectivity index (χ0n) is 14.7. The Labute approximate surface area is 141 Å². The molecule has 2 saturated carbocycles. The predicted molar refractivity (Wildman–Crippen MR) is 97.5 cm³/mol. The lowest BCUT2D eigenvalue weighted by Gasteiger charge is -2.35. The molecule has 0 saturated heterocycles. The minimum absolute atomic E-state index is 0.458. The van der Waals surface area contributed by atoms with Crippen molar-refractivity contribution in [3.05, 3.63) is 29.3 Å². The first-order valence-corrected chi connectivity index (χ1v) is 9.52. The molecule has 2 aliphatic carbocycles. The molecule has 1 aromatic carbocycles. The molecule has 2 atom stereocenters. The molecule has 0 radical (unpaired) electrons. The molecular weight excluding hydrogens is 282 g/mol. The number of aliphatic imine (C=N–C) groups is 1. The van der Waals surface area contributed by atoms with Gasteiger partial charge in [-0.3, -0.25) is 4.99 Å². The summed E-state index contributed by atoms with van der Waals surface area (Å²) in [7, 11) is 0. The van der Waals surface area contributed by atoms with Crippen molar-refractivity contribution in [1.29, 1.82) is 0 Å². The molecule has 0 bridgehead atoms. The van der Waals surface area contributed by atoms with Crippen molar-refractivity contribution in [2.75, 3.05) is 0 Å². The molecule has 0 spiro atoms. The van der Waals surface area contributed by atoms with Gasteiger partial charge in [0.05, 0.1) is 0 Å². The summed E-state index contributed by atoms with van der Waals surface area (Å²) < 4.78 is 0. The van der Waals surface area contributed by atoms with Crippen molar-refractivity contribution in [2.24, 2.45) is 16.8 Å². The maximum atomic E-state index is 10.8. The average Bonchev–Trinajstić information content (AvgIpc) is 2.56. The van der Waals surface area contributed by atoms with Crippen molar-refractivity contribution in [1.82, 2.24) is 0 Å². The highest BCUT2D eigenvalue weighted by Gasteiger charge is 2.31. The lowest BCUT2D eigenvalue weighted by molar-refractivity contribution is 0.244. The summed E-state index contributed by atoms with van der Waals surface area (Å²) >= 11 is 0. The SMILES string of the molecule is CC1CCCC(C)C1c1cccc(C=NC2CCCCC2)c1O. The van der Waals surface area contributed by atoms with E-state index >= 15 is 0 Å². The number of hydrogen-bond acceptors (Lipinski definition) is 2. The zero-order valence-corrected chi connectivity index (χ0v) is 14.7. The van der Waals surface area contributed by atoms with Gasteiger partial charge in [-0.2, -0.15) is 0 Å². The number of rotatable bonds is 3. The van der Waals surface area contributed by atoms with Crippen LogP contribution in [0.2, 0.25) is 0 Å². The molecule has 0 aromatic heterocycles. The lowest BCUT2D eigenvalue weighted by atomic mass is 9.70. The van der Waals surface area contributed by atoms with Gasteiger partial charge in [0.15, 0.2) is 0 Å². The fraction of sp³-hybridized carbons (Fsp3) is 0.667. The third-order valence-electron chi connectivity index (χ3n) is 6.00. The summed E-state index contributed by atoms with van der Waals surface area (Å²) in [5.74, 6) is 2.25. The Hall–Kier alpha value is -1.31. The summed E-state index contributed by atoms with van der Waals surface area (Å²) in [6.45, 7) is 4.67. The van der Waals surface area contributed by atoms with Gasteiger partial charge in [0.25, 0.3) is 0 Å². The van der Waals surface area contributed by atoms with Crippen molar-refractivity contribution >= 4 is 6.21 Å². The number of benzene rings is 1. The largest absolute Gasteiger partial charge is 0.507 e. The minimum atomic E-state index is 0.458. The van der Waals surface area contributed by atoms with Crippen LogP contribution in [-0.4, -0.2) is 17.4 Å². The molecule has 2 heteroatoms. The third-order valence-corrected chi connectivity index (χ3v) is 6.00. The molecule has 3 rings (SSSR count). The Bertz CT molecular complexity index is 535. The van der Waals surface area contributed by atoms with Crippen LogP contribution in [0.1, 0.15) is 82.3 Å². The Morgan fingerprint density at radius 3 is 2.35 bits per heavy atom. The lowest BCUT2D eigenvalue weighted by Crippen LogP contribution is -2.23. The maximum Gasteiger partial charge on any atom is 0.127 e.